The lowest BCUT2D eigenvalue weighted by atomic mass is 10.2. The molecule has 21 heavy (non-hydrogen) atoms. The number of ether oxygens (including phenoxy) is 1. The molecule has 1 N–H and O–H groups in total. The Morgan fingerprint density at radius 2 is 2.05 bits per heavy atom. The van der Waals surface area contributed by atoms with Crippen molar-refractivity contribution in [1.82, 2.24) is 0 Å². The molecule has 0 aliphatic rings. The zero-order valence-electron chi connectivity index (χ0n) is 10.8. The third-order valence-corrected chi connectivity index (χ3v) is 3.16. The van der Waals surface area contributed by atoms with Gasteiger partial charge >= 0.3 is 5.69 Å². The summed E-state index contributed by atoms with van der Waals surface area (Å²) in [6, 6.07) is 7.83. The van der Waals surface area contributed by atoms with Gasteiger partial charge in [-0.1, -0.05) is 11.6 Å². The first-order chi connectivity index (χ1) is 10.0. The topological polar surface area (TPSA) is 72.6 Å². The van der Waals surface area contributed by atoms with Crippen molar-refractivity contribution < 1.29 is 19.2 Å². The second-order valence-corrected chi connectivity index (χ2v) is 4.65. The zero-order chi connectivity index (χ0) is 15.4. The molecule has 2 aromatic carbocycles. The Hall–Kier alpha value is -2.18. The van der Waals surface area contributed by atoms with Crippen LogP contribution in [0.1, 0.15) is 11.1 Å². The number of nitrogens with zero attached hydrogens (tertiary/aromatic N) is 1. The number of nitro groups is 1. The molecule has 2 aromatic rings. The minimum Gasteiger partial charge on any atom is -0.482 e. The average Bonchev–Trinajstić information content (AvgIpc) is 2.47. The van der Waals surface area contributed by atoms with E-state index in [0.717, 1.165) is 0 Å². The number of aliphatic hydroxyl groups excluding tert-OH is 1. The van der Waals surface area contributed by atoms with Crippen LogP contribution in [-0.4, -0.2) is 10.0 Å². The Morgan fingerprint density at radius 3 is 2.71 bits per heavy atom. The van der Waals surface area contributed by atoms with Crippen LogP contribution in [0.25, 0.3) is 0 Å². The summed E-state index contributed by atoms with van der Waals surface area (Å²) in [6.07, 6.45) is 0. The van der Waals surface area contributed by atoms with Crippen molar-refractivity contribution in [3.63, 3.8) is 0 Å². The zero-order valence-corrected chi connectivity index (χ0v) is 11.5. The van der Waals surface area contributed by atoms with Crippen molar-refractivity contribution in [2.45, 2.75) is 13.2 Å². The first-order valence-corrected chi connectivity index (χ1v) is 6.34. The predicted octanol–water partition coefficient (Wildman–Crippen LogP) is 3.46. The van der Waals surface area contributed by atoms with Crippen LogP contribution < -0.4 is 4.74 Å². The SMILES string of the molecule is O=[N+]([O-])c1ccc(CO)cc1OCc1cc(F)ccc1Cl. The van der Waals surface area contributed by atoms with Crippen molar-refractivity contribution in [3.8, 4) is 5.75 Å². The molecule has 0 fully saturated rings. The lowest BCUT2D eigenvalue weighted by Gasteiger charge is -2.09. The minimum atomic E-state index is -0.594. The summed E-state index contributed by atoms with van der Waals surface area (Å²) >= 11 is 5.90. The number of halogens is 2. The number of aliphatic hydroxyl groups is 1. The van der Waals surface area contributed by atoms with E-state index >= 15 is 0 Å². The fourth-order valence-electron chi connectivity index (χ4n) is 1.73. The molecule has 5 nitrogen and oxygen atoms in total. The molecule has 0 bridgehead atoms. The number of benzene rings is 2. The van der Waals surface area contributed by atoms with Gasteiger partial charge in [0, 0.05) is 16.7 Å². The molecule has 0 saturated heterocycles. The Bertz CT molecular complexity index is 678. The van der Waals surface area contributed by atoms with E-state index in [2.05, 4.69) is 0 Å². The van der Waals surface area contributed by atoms with E-state index in [9.17, 15) is 14.5 Å². The van der Waals surface area contributed by atoms with Gasteiger partial charge in [0.2, 0.25) is 0 Å². The van der Waals surface area contributed by atoms with Gasteiger partial charge < -0.3 is 9.84 Å². The summed E-state index contributed by atoms with van der Waals surface area (Å²) in [5, 5.41) is 20.3. The third kappa shape index (κ3) is 3.68. The summed E-state index contributed by atoms with van der Waals surface area (Å²) in [5.74, 6) is -0.483. The van der Waals surface area contributed by atoms with Crippen LogP contribution in [0.5, 0.6) is 5.75 Å². The molecule has 0 spiro atoms. The predicted molar refractivity (Wildman–Crippen MR) is 74.8 cm³/mol. The minimum absolute atomic E-state index is 0.00752. The van der Waals surface area contributed by atoms with Crippen molar-refractivity contribution in [3.05, 3.63) is 68.5 Å². The van der Waals surface area contributed by atoms with Gasteiger partial charge in [0.1, 0.15) is 12.4 Å². The van der Waals surface area contributed by atoms with Crippen LogP contribution >= 0.6 is 11.6 Å². The summed E-state index contributed by atoms with van der Waals surface area (Å²) in [4.78, 5) is 10.3. The smallest absolute Gasteiger partial charge is 0.310 e. The standard InChI is InChI=1S/C14H11ClFNO4/c15-12-3-2-11(16)6-10(12)8-21-14-5-9(7-18)1-4-13(14)17(19)20/h1-6,18H,7-8H2. The maximum Gasteiger partial charge on any atom is 0.310 e. The molecule has 110 valence electrons. The van der Waals surface area contributed by atoms with Gasteiger partial charge in [-0.25, -0.2) is 4.39 Å². The third-order valence-electron chi connectivity index (χ3n) is 2.79. The van der Waals surface area contributed by atoms with Gasteiger partial charge in [-0.05, 0) is 35.9 Å². The highest BCUT2D eigenvalue weighted by molar-refractivity contribution is 6.31. The molecule has 0 amide bonds. The second kappa shape index (κ2) is 6.51. The van der Waals surface area contributed by atoms with E-state index in [1.165, 1.54) is 36.4 Å². The highest BCUT2D eigenvalue weighted by atomic mass is 35.5. The number of hydrogen-bond donors (Lipinski definition) is 1. The van der Waals surface area contributed by atoms with Crippen molar-refractivity contribution in [2.24, 2.45) is 0 Å². The summed E-state index contributed by atoms with van der Waals surface area (Å²) in [5.41, 5.74) is 0.612. The molecule has 0 aliphatic carbocycles. The van der Waals surface area contributed by atoms with E-state index in [1.807, 2.05) is 0 Å². The molecule has 0 atom stereocenters. The van der Waals surface area contributed by atoms with Crippen molar-refractivity contribution in [2.75, 3.05) is 0 Å². The van der Waals surface area contributed by atoms with E-state index < -0.39 is 10.7 Å². The first kappa shape index (κ1) is 15.2. The molecule has 2 rings (SSSR count). The Labute approximate surface area is 124 Å². The number of nitro benzene ring substituents is 1. The summed E-state index contributed by atoms with van der Waals surface area (Å²) in [6.45, 7) is -0.388. The Morgan fingerprint density at radius 1 is 1.29 bits per heavy atom. The van der Waals surface area contributed by atoms with Gasteiger partial charge in [-0.3, -0.25) is 10.1 Å². The van der Waals surface area contributed by atoms with Gasteiger partial charge in [-0.2, -0.15) is 0 Å². The second-order valence-electron chi connectivity index (χ2n) is 4.24. The largest absolute Gasteiger partial charge is 0.482 e. The van der Waals surface area contributed by atoms with Gasteiger partial charge in [0.25, 0.3) is 0 Å². The quantitative estimate of drug-likeness (QED) is 0.678. The summed E-state index contributed by atoms with van der Waals surface area (Å²) in [7, 11) is 0. The lowest BCUT2D eigenvalue weighted by molar-refractivity contribution is -0.386. The highest BCUT2D eigenvalue weighted by Crippen LogP contribution is 2.29. The molecule has 0 unspecified atom stereocenters. The van der Waals surface area contributed by atoms with E-state index in [-0.39, 0.29) is 24.7 Å². The van der Waals surface area contributed by atoms with Crippen LogP contribution in [0.2, 0.25) is 5.02 Å². The fraction of sp³-hybridized carbons (Fsp3) is 0.143. The van der Waals surface area contributed by atoms with Crippen molar-refractivity contribution in [1.29, 1.82) is 0 Å². The molecule has 0 saturated carbocycles. The van der Waals surface area contributed by atoms with Gasteiger partial charge in [0.05, 0.1) is 11.5 Å². The molecular formula is C14H11ClFNO4. The molecular weight excluding hydrogens is 301 g/mol. The fourth-order valence-corrected chi connectivity index (χ4v) is 1.90. The van der Waals surface area contributed by atoms with E-state index in [4.69, 9.17) is 21.4 Å². The lowest BCUT2D eigenvalue weighted by Crippen LogP contribution is -2.01. The molecule has 0 aromatic heterocycles. The van der Waals surface area contributed by atoms with Crippen LogP contribution in [0.4, 0.5) is 10.1 Å². The Kier molecular flexibility index (Phi) is 4.72. The van der Waals surface area contributed by atoms with E-state index in [0.29, 0.717) is 16.1 Å². The first-order valence-electron chi connectivity index (χ1n) is 5.96. The van der Waals surface area contributed by atoms with Crippen LogP contribution in [-0.2, 0) is 13.2 Å². The molecule has 0 aliphatic heterocycles. The van der Waals surface area contributed by atoms with Crippen LogP contribution in [0, 0.1) is 15.9 Å². The summed E-state index contributed by atoms with van der Waals surface area (Å²) < 4.78 is 18.5. The van der Waals surface area contributed by atoms with E-state index in [1.54, 1.807) is 0 Å². The number of hydrogen-bond acceptors (Lipinski definition) is 4. The molecule has 7 heteroatoms. The maximum atomic E-state index is 13.1. The average molecular weight is 312 g/mol. The number of rotatable bonds is 5. The van der Waals surface area contributed by atoms with Gasteiger partial charge in [-0.15, -0.1) is 0 Å². The van der Waals surface area contributed by atoms with Crippen molar-refractivity contribution >= 4 is 17.3 Å². The Balaban J connectivity index is 2.26. The maximum absolute atomic E-state index is 13.1. The molecule has 0 radical (unpaired) electrons. The van der Waals surface area contributed by atoms with Crippen LogP contribution in [0.3, 0.4) is 0 Å². The monoisotopic (exact) mass is 311 g/mol. The normalized spacial score (nSPS) is 10.4. The van der Waals surface area contributed by atoms with Gasteiger partial charge in [0.15, 0.2) is 5.75 Å². The van der Waals surface area contributed by atoms with Crippen LogP contribution in [0.15, 0.2) is 36.4 Å². The molecule has 0 heterocycles. The highest BCUT2D eigenvalue weighted by Gasteiger charge is 2.16.